The van der Waals surface area contributed by atoms with Crippen LogP contribution in [0, 0.1) is 5.41 Å². The van der Waals surface area contributed by atoms with Gasteiger partial charge in [0.05, 0.1) is 0 Å². The number of piperidine rings is 1. The molecule has 1 aromatic carbocycles. The van der Waals surface area contributed by atoms with Crippen molar-refractivity contribution in [1.29, 1.82) is 0 Å². The third-order valence-corrected chi connectivity index (χ3v) is 6.05. The lowest BCUT2D eigenvalue weighted by molar-refractivity contribution is 0.0346. The van der Waals surface area contributed by atoms with Gasteiger partial charge in [-0.2, -0.15) is 0 Å². The predicted octanol–water partition coefficient (Wildman–Crippen LogP) is 4.22. The highest BCUT2D eigenvalue weighted by atomic mass is 79.9. The Morgan fingerprint density at radius 1 is 1.24 bits per heavy atom. The van der Waals surface area contributed by atoms with Crippen LogP contribution in [0.15, 0.2) is 28.7 Å². The molecule has 2 nitrogen and oxygen atoms in total. The Bertz CT molecular complexity index is 449. The molecule has 0 aromatic heterocycles. The second-order valence-electron chi connectivity index (χ2n) is 7.16. The minimum Gasteiger partial charge on any atom is -0.329 e. The van der Waals surface area contributed by atoms with Crippen molar-refractivity contribution in [2.75, 3.05) is 19.6 Å². The first-order chi connectivity index (χ1) is 9.91. The molecule has 118 valence electrons. The lowest BCUT2D eigenvalue weighted by Crippen LogP contribution is -2.56. The van der Waals surface area contributed by atoms with Gasteiger partial charge in [0.1, 0.15) is 0 Å². The van der Waals surface area contributed by atoms with Gasteiger partial charge in [-0.15, -0.1) is 0 Å². The molecule has 2 rings (SSSR count). The first-order valence-electron chi connectivity index (χ1n) is 8.10. The highest BCUT2D eigenvalue weighted by Crippen LogP contribution is 2.36. The molecule has 1 atom stereocenters. The minimum absolute atomic E-state index is 0.0723. The summed E-state index contributed by atoms with van der Waals surface area (Å²) in [5.41, 5.74) is 8.14. The maximum Gasteiger partial charge on any atom is 0.0343 e. The van der Waals surface area contributed by atoms with Crippen LogP contribution in [0.5, 0.6) is 0 Å². The smallest absolute Gasteiger partial charge is 0.0343 e. The van der Waals surface area contributed by atoms with E-state index in [1.807, 2.05) is 0 Å². The molecule has 0 radical (unpaired) electrons. The van der Waals surface area contributed by atoms with Crippen LogP contribution in [0.1, 0.15) is 45.6 Å². The van der Waals surface area contributed by atoms with Crippen LogP contribution < -0.4 is 5.73 Å². The molecule has 0 bridgehead atoms. The topological polar surface area (TPSA) is 29.3 Å². The Labute approximate surface area is 138 Å². The summed E-state index contributed by atoms with van der Waals surface area (Å²) in [6.07, 6.45) is 4.89. The van der Waals surface area contributed by atoms with Crippen LogP contribution in [0.25, 0.3) is 0 Å². The van der Waals surface area contributed by atoms with Gasteiger partial charge in [-0.3, -0.25) is 4.90 Å². The Morgan fingerprint density at radius 2 is 1.81 bits per heavy atom. The number of hydrogen-bond donors (Lipinski definition) is 1. The summed E-state index contributed by atoms with van der Waals surface area (Å²) in [7, 11) is 0. The molecule has 3 heteroatoms. The van der Waals surface area contributed by atoms with Gasteiger partial charge < -0.3 is 5.73 Å². The van der Waals surface area contributed by atoms with Crippen LogP contribution in [0.2, 0.25) is 0 Å². The van der Waals surface area contributed by atoms with E-state index in [9.17, 15) is 0 Å². The number of hydrogen-bond acceptors (Lipinski definition) is 2. The summed E-state index contributed by atoms with van der Waals surface area (Å²) in [6.45, 7) is 10.1. The molecule has 21 heavy (non-hydrogen) atoms. The third-order valence-electron chi connectivity index (χ3n) is 5.53. The van der Waals surface area contributed by atoms with Crippen LogP contribution in [0.3, 0.4) is 0 Å². The average Bonchev–Trinajstić information content (AvgIpc) is 2.50. The van der Waals surface area contributed by atoms with Crippen molar-refractivity contribution in [3.05, 3.63) is 34.3 Å². The molecule has 2 N–H and O–H groups in total. The summed E-state index contributed by atoms with van der Waals surface area (Å²) in [5, 5.41) is 0. The summed E-state index contributed by atoms with van der Waals surface area (Å²) in [4.78, 5) is 2.62. The van der Waals surface area contributed by atoms with Crippen molar-refractivity contribution in [3.63, 3.8) is 0 Å². The fourth-order valence-corrected chi connectivity index (χ4v) is 3.56. The average molecular weight is 353 g/mol. The van der Waals surface area contributed by atoms with E-state index in [1.165, 1.54) is 37.9 Å². The lowest BCUT2D eigenvalue weighted by Gasteiger charge is -2.47. The quantitative estimate of drug-likeness (QED) is 0.859. The molecule has 1 aromatic rings. The first-order valence-corrected chi connectivity index (χ1v) is 8.90. The Balaban J connectivity index is 2.05. The summed E-state index contributed by atoms with van der Waals surface area (Å²) in [5.74, 6) is 0. The monoisotopic (exact) mass is 352 g/mol. The molecule has 0 saturated carbocycles. The van der Waals surface area contributed by atoms with E-state index >= 15 is 0 Å². The van der Waals surface area contributed by atoms with Gasteiger partial charge in [0.25, 0.3) is 0 Å². The van der Waals surface area contributed by atoms with E-state index in [2.05, 4.69) is 65.9 Å². The normalized spacial score (nSPS) is 22.0. The van der Waals surface area contributed by atoms with E-state index < -0.39 is 0 Å². The second-order valence-corrected chi connectivity index (χ2v) is 8.07. The summed E-state index contributed by atoms with van der Waals surface area (Å²) in [6, 6.07) is 8.66. The van der Waals surface area contributed by atoms with E-state index in [4.69, 9.17) is 5.73 Å². The summed E-state index contributed by atoms with van der Waals surface area (Å²) < 4.78 is 1.14. The standard InChI is InChI=1S/C18H29BrN2/c1-4-17(2)9-11-21(12-10-17)18(3,14-20)13-15-5-7-16(19)8-6-15/h5-8H,4,9-14,20H2,1-3H3. The number of halogens is 1. The maximum absolute atomic E-state index is 6.16. The van der Waals surface area contributed by atoms with Gasteiger partial charge in [0.2, 0.25) is 0 Å². The number of nitrogens with zero attached hydrogens (tertiary/aromatic N) is 1. The lowest BCUT2D eigenvalue weighted by atomic mass is 9.76. The van der Waals surface area contributed by atoms with Crippen LogP contribution >= 0.6 is 15.9 Å². The SMILES string of the molecule is CCC1(C)CCN(C(C)(CN)Cc2ccc(Br)cc2)CC1. The molecule has 0 amide bonds. The molecule has 0 spiro atoms. The number of nitrogens with two attached hydrogens (primary N) is 1. The van der Waals surface area contributed by atoms with E-state index in [0.29, 0.717) is 12.0 Å². The van der Waals surface area contributed by atoms with Crippen molar-refractivity contribution in [3.8, 4) is 0 Å². The van der Waals surface area contributed by atoms with E-state index in [-0.39, 0.29) is 5.54 Å². The Hall–Kier alpha value is -0.380. The molecule has 1 saturated heterocycles. The predicted molar refractivity (Wildman–Crippen MR) is 94.5 cm³/mol. The van der Waals surface area contributed by atoms with E-state index in [0.717, 1.165) is 10.9 Å². The van der Waals surface area contributed by atoms with Crippen molar-refractivity contribution in [1.82, 2.24) is 4.90 Å². The second kappa shape index (κ2) is 6.80. The van der Waals surface area contributed by atoms with Crippen LogP contribution in [0.4, 0.5) is 0 Å². The fourth-order valence-electron chi connectivity index (χ4n) is 3.30. The number of rotatable bonds is 5. The minimum atomic E-state index is 0.0723. The van der Waals surface area contributed by atoms with Crippen molar-refractivity contribution in [2.24, 2.45) is 11.1 Å². The van der Waals surface area contributed by atoms with Crippen molar-refractivity contribution < 1.29 is 0 Å². The molecule has 1 aliphatic heterocycles. The van der Waals surface area contributed by atoms with Gasteiger partial charge in [0.15, 0.2) is 0 Å². The molecule has 1 heterocycles. The van der Waals surface area contributed by atoms with Crippen LogP contribution in [-0.4, -0.2) is 30.1 Å². The molecule has 1 aliphatic rings. The largest absolute Gasteiger partial charge is 0.329 e. The van der Waals surface area contributed by atoms with Crippen molar-refractivity contribution in [2.45, 2.75) is 52.0 Å². The molecular weight excluding hydrogens is 324 g/mol. The maximum atomic E-state index is 6.16. The van der Waals surface area contributed by atoms with Gasteiger partial charge in [0, 0.05) is 16.6 Å². The van der Waals surface area contributed by atoms with E-state index in [1.54, 1.807) is 0 Å². The summed E-state index contributed by atoms with van der Waals surface area (Å²) >= 11 is 3.50. The van der Waals surface area contributed by atoms with Gasteiger partial charge >= 0.3 is 0 Å². The zero-order valence-corrected chi connectivity index (χ0v) is 15.2. The third kappa shape index (κ3) is 4.08. The first kappa shape index (κ1) is 17.0. The molecule has 1 unspecified atom stereocenters. The van der Waals surface area contributed by atoms with Gasteiger partial charge in [-0.25, -0.2) is 0 Å². The molecular formula is C18H29BrN2. The van der Waals surface area contributed by atoms with Gasteiger partial charge in [-0.1, -0.05) is 48.3 Å². The number of likely N-dealkylation sites (tertiary alicyclic amines) is 1. The van der Waals surface area contributed by atoms with Crippen molar-refractivity contribution >= 4 is 15.9 Å². The number of benzene rings is 1. The fraction of sp³-hybridized carbons (Fsp3) is 0.667. The zero-order valence-electron chi connectivity index (χ0n) is 13.7. The molecule has 0 aliphatic carbocycles. The van der Waals surface area contributed by atoms with Crippen LogP contribution in [-0.2, 0) is 6.42 Å². The van der Waals surface area contributed by atoms with Gasteiger partial charge in [-0.05, 0) is 62.4 Å². The Kier molecular flexibility index (Phi) is 5.50. The zero-order chi connectivity index (χ0) is 15.5. The molecule has 1 fully saturated rings. The highest BCUT2D eigenvalue weighted by molar-refractivity contribution is 9.10. The highest BCUT2D eigenvalue weighted by Gasteiger charge is 2.36. The Morgan fingerprint density at radius 3 is 2.29 bits per heavy atom.